The molecule has 0 aliphatic carbocycles. The minimum atomic E-state index is 0.522. The van der Waals surface area contributed by atoms with Gasteiger partial charge in [0.15, 0.2) is 5.17 Å². The molecule has 1 aliphatic rings. The first-order chi connectivity index (χ1) is 10.3. The number of thioether (sulfide) groups is 1. The number of benzene rings is 1. The van der Waals surface area contributed by atoms with Crippen LogP contribution in [0.15, 0.2) is 52.6 Å². The third-order valence-electron chi connectivity index (χ3n) is 3.00. The van der Waals surface area contributed by atoms with Gasteiger partial charge in [0.05, 0.1) is 12.2 Å². The molecule has 5 heteroatoms. The van der Waals surface area contributed by atoms with E-state index >= 15 is 0 Å². The number of pyridine rings is 1. The quantitative estimate of drug-likeness (QED) is 0.786. The minimum absolute atomic E-state index is 0.522. The second kappa shape index (κ2) is 6.21. The van der Waals surface area contributed by atoms with Crippen LogP contribution in [0.3, 0.4) is 0 Å². The van der Waals surface area contributed by atoms with E-state index in [1.807, 2.05) is 30.3 Å². The largest absolute Gasteiger partial charge is 0.335 e. The van der Waals surface area contributed by atoms with Crippen LogP contribution < -0.4 is 0 Å². The molecule has 0 N–H and O–H groups in total. The highest BCUT2D eigenvalue weighted by Crippen LogP contribution is 2.32. The number of hydrogen-bond donors (Lipinski definition) is 0. The van der Waals surface area contributed by atoms with Gasteiger partial charge in [-0.2, -0.15) is 0 Å². The first-order valence-corrected chi connectivity index (χ1v) is 7.60. The fraction of sp³-hybridized carbons (Fsp3) is 0.125. The number of rotatable bonds is 2. The van der Waals surface area contributed by atoms with E-state index in [0.29, 0.717) is 11.6 Å². The van der Waals surface area contributed by atoms with Crippen LogP contribution in [-0.4, -0.2) is 21.6 Å². The van der Waals surface area contributed by atoms with Crippen molar-refractivity contribution in [3.05, 3.63) is 53.2 Å². The summed E-state index contributed by atoms with van der Waals surface area (Å²) in [6.07, 6.45) is 7.26. The number of nitrogens with zero attached hydrogens (tertiary/aromatic N) is 3. The Labute approximate surface area is 133 Å². The summed E-state index contributed by atoms with van der Waals surface area (Å²) in [5.74, 6) is 2.68. The summed E-state index contributed by atoms with van der Waals surface area (Å²) >= 11 is 7.44. The maximum atomic E-state index is 5.90. The molecule has 21 heavy (non-hydrogen) atoms. The predicted octanol–water partition coefficient (Wildman–Crippen LogP) is 3.96. The molecule has 0 radical (unpaired) electrons. The molecule has 0 spiro atoms. The summed E-state index contributed by atoms with van der Waals surface area (Å²) in [6.45, 7) is 1.25. The highest BCUT2D eigenvalue weighted by molar-refractivity contribution is 8.13. The smallest absolute Gasteiger partial charge is 0.171 e. The molecule has 0 amide bonds. The first kappa shape index (κ1) is 14.0. The van der Waals surface area contributed by atoms with Gasteiger partial charge in [-0.15, -0.1) is 6.42 Å². The topological polar surface area (TPSA) is 28.5 Å². The molecule has 3 rings (SSSR count). The summed E-state index contributed by atoms with van der Waals surface area (Å²) < 4.78 is 0. The van der Waals surface area contributed by atoms with Crippen molar-refractivity contribution in [1.29, 1.82) is 0 Å². The minimum Gasteiger partial charge on any atom is -0.335 e. The van der Waals surface area contributed by atoms with Gasteiger partial charge >= 0.3 is 0 Å². The molecule has 0 saturated carbocycles. The Hall–Kier alpha value is -1.96. The molecule has 0 fully saturated rings. The van der Waals surface area contributed by atoms with E-state index in [2.05, 4.69) is 26.9 Å². The molecular weight excluding hydrogens is 302 g/mol. The van der Waals surface area contributed by atoms with E-state index < -0.39 is 0 Å². The Bertz CT molecular complexity index is 719. The Kier molecular flexibility index (Phi) is 4.14. The lowest BCUT2D eigenvalue weighted by Crippen LogP contribution is -2.32. The number of amidine groups is 1. The number of terminal acetylenes is 1. The number of halogens is 1. The summed E-state index contributed by atoms with van der Waals surface area (Å²) in [6, 6.07) is 11.4. The van der Waals surface area contributed by atoms with E-state index in [-0.39, 0.29) is 0 Å². The summed E-state index contributed by atoms with van der Waals surface area (Å²) in [7, 11) is 0. The number of hydrogen-bond acceptors (Lipinski definition) is 3. The maximum Gasteiger partial charge on any atom is 0.171 e. The Morgan fingerprint density at radius 3 is 2.90 bits per heavy atom. The van der Waals surface area contributed by atoms with Crippen molar-refractivity contribution < 1.29 is 0 Å². The third kappa shape index (κ3) is 3.21. The molecule has 0 bridgehead atoms. The number of aromatic nitrogens is 1. The summed E-state index contributed by atoms with van der Waals surface area (Å²) in [4.78, 5) is 11.1. The lowest BCUT2D eigenvalue weighted by molar-refractivity contribution is 0.461. The van der Waals surface area contributed by atoms with Gasteiger partial charge < -0.3 is 4.90 Å². The Morgan fingerprint density at radius 1 is 1.33 bits per heavy atom. The Balaban J connectivity index is 1.95. The van der Waals surface area contributed by atoms with Crippen LogP contribution in [-0.2, 0) is 6.54 Å². The lowest BCUT2D eigenvalue weighted by Gasteiger charge is -2.28. The van der Waals surface area contributed by atoms with E-state index in [4.69, 9.17) is 18.0 Å². The highest BCUT2D eigenvalue weighted by atomic mass is 35.5. The van der Waals surface area contributed by atoms with Crippen molar-refractivity contribution in [2.75, 3.05) is 6.54 Å². The average molecular weight is 314 g/mol. The molecule has 1 aliphatic heterocycles. The van der Waals surface area contributed by atoms with Crippen molar-refractivity contribution in [2.45, 2.75) is 11.6 Å². The van der Waals surface area contributed by atoms with Gasteiger partial charge in [-0.25, -0.2) is 9.98 Å². The van der Waals surface area contributed by atoms with Gasteiger partial charge in [-0.1, -0.05) is 23.6 Å². The molecule has 2 heterocycles. The van der Waals surface area contributed by atoms with Crippen LogP contribution in [0.5, 0.6) is 0 Å². The second-order valence-electron chi connectivity index (χ2n) is 4.50. The molecule has 0 saturated heterocycles. The van der Waals surface area contributed by atoms with Crippen LogP contribution in [0.1, 0.15) is 5.56 Å². The van der Waals surface area contributed by atoms with Crippen molar-refractivity contribution >= 4 is 34.2 Å². The van der Waals surface area contributed by atoms with E-state index in [1.165, 1.54) is 5.56 Å². The fourth-order valence-electron chi connectivity index (χ4n) is 2.01. The zero-order valence-corrected chi connectivity index (χ0v) is 12.7. The molecule has 1 aromatic carbocycles. The number of fused-ring (bicyclic) bond motifs is 1. The normalized spacial score (nSPS) is 15.6. The van der Waals surface area contributed by atoms with Crippen LogP contribution in [0, 0.1) is 12.3 Å². The van der Waals surface area contributed by atoms with Gasteiger partial charge in [-0.05, 0) is 42.1 Å². The van der Waals surface area contributed by atoms with Crippen molar-refractivity contribution in [2.24, 2.45) is 4.99 Å². The second-order valence-corrected chi connectivity index (χ2v) is 5.89. The van der Waals surface area contributed by atoms with Gasteiger partial charge in [-0.3, -0.25) is 0 Å². The van der Waals surface area contributed by atoms with E-state index in [1.54, 1.807) is 18.0 Å². The molecule has 1 aromatic heterocycles. The molecule has 0 atom stereocenters. The number of aliphatic imine (C=N–C) groups is 1. The lowest BCUT2D eigenvalue weighted by atomic mass is 10.2. The summed E-state index contributed by atoms with van der Waals surface area (Å²) in [5, 5.41) is 2.54. The van der Waals surface area contributed by atoms with Gasteiger partial charge in [0.1, 0.15) is 5.03 Å². The van der Waals surface area contributed by atoms with Crippen LogP contribution >= 0.6 is 23.4 Å². The Morgan fingerprint density at radius 2 is 2.14 bits per heavy atom. The molecule has 0 unspecified atom stereocenters. The fourth-order valence-corrected chi connectivity index (χ4v) is 3.10. The molecule has 104 valence electrons. The predicted molar refractivity (Wildman–Crippen MR) is 87.9 cm³/mol. The average Bonchev–Trinajstić information content (AvgIpc) is 2.50. The van der Waals surface area contributed by atoms with E-state index in [0.717, 1.165) is 22.4 Å². The monoisotopic (exact) mass is 313 g/mol. The van der Waals surface area contributed by atoms with Crippen LogP contribution in [0.25, 0.3) is 0 Å². The van der Waals surface area contributed by atoms with Gasteiger partial charge in [0.25, 0.3) is 0 Å². The molecule has 2 aromatic rings. The van der Waals surface area contributed by atoms with Gasteiger partial charge in [0, 0.05) is 23.3 Å². The third-order valence-corrected chi connectivity index (χ3v) is 4.35. The maximum absolute atomic E-state index is 5.90. The first-order valence-electron chi connectivity index (χ1n) is 6.40. The van der Waals surface area contributed by atoms with Crippen molar-refractivity contribution in [3.63, 3.8) is 0 Å². The van der Waals surface area contributed by atoms with Crippen LogP contribution in [0.4, 0.5) is 5.69 Å². The highest BCUT2D eigenvalue weighted by Gasteiger charge is 2.22. The van der Waals surface area contributed by atoms with E-state index in [9.17, 15) is 0 Å². The SMILES string of the molecule is C#CCN1Cc2cccnc2SC1=Nc1ccc(Cl)cc1. The summed E-state index contributed by atoms with van der Waals surface area (Å²) in [5.41, 5.74) is 2.02. The molecule has 3 nitrogen and oxygen atoms in total. The van der Waals surface area contributed by atoms with Gasteiger partial charge in [0.2, 0.25) is 0 Å². The standard InChI is InChI=1S/C16H12ClN3S/c1-2-10-20-11-12-4-3-9-18-15(12)21-16(20)19-14-7-5-13(17)6-8-14/h1,3-9H,10-11H2. The van der Waals surface area contributed by atoms with Crippen molar-refractivity contribution in [1.82, 2.24) is 9.88 Å². The molecular formula is C16H12ClN3S. The zero-order valence-electron chi connectivity index (χ0n) is 11.2. The van der Waals surface area contributed by atoms with Crippen molar-refractivity contribution in [3.8, 4) is 12.3 Å². The zero-order chi connectivity index (χ0) is 14.7. The van der Waals surface area contributed by atoms with Crippen LogP contribution in [0.2, 0.25) is 5.02 Å².